The van der Waals surface area contributed by atoms with E-state index in [1.165, 1.54) is 5.56 Å². The van der Waals surface area contributed by atoms with Crippen molar-refractivity contribution in [1.82, 2.24) is 15.5 Å². The summed E-state index contributed by atoms with van der Waals surface area (Å²) in [7, 11) is 0. The number of rotatable bonds is 2. The lowest BCUT2D eigenvalue weighted by Gasteiger charge is -2.26. The van der Waals surface area contributed by atoms with Crippen LogP contribution in [0.15, 0.2) is 30.5 Å². The van der Waals surface area contributed by atoms with Crippen molar-refractivity contribution in [3.8, 4) is 5.75 Å². The monoisotopic (exact) mass is 297 g/mol. The molecule has 2 aromatic rings. The Labute approximate surface area is 129 Å². The van der Waals surface area contributed by atoms with Crippen molar-refractivity contribution >= 4 is 5.91 Å². The molecule has 0 bridgehead atoms. The van der Waals surface area contributed by atoms with Gasteiger partial charge in [0.15, 0.2) is 0 Å². The van der Waals surface area contributed by atoms with E-state index in [0.29, 0.717) is 12.5 Å². The highest BCUT2D eigenvalue weighted by atomic mass is 16.5. The summed E-state index contributed by atoms with van der Waals surface area (Å²) in [5, 5.41) is 10.3. The van der Waals surface area contributed by atoms with Crippen molar-refractivity contribution in [3.05, 3.63) is 47.3 Å². The average Bonchev–Trinajstić information content (AvgIpc) is 3.13. The van der Waals surface area contributed by atoms with Gasteiger partial charge >= 0.3 is 0 Å². The van der Waals surface area contributed by atoms with Crippen LogP contribution in [0.2, 0.25) is 0 Å². The molecule has 2 aliphatic rings. The molecule has 0 spiro atoms. The number of amides is 1. The Hall–Kier alpha value is -2.30. The van der Waals surface area contributed by atoms with E-state index in [4.69, 9.17) is 4.74 Å². The fourth-order valence-corrected chi connectivity index (χ4v) is 3.56. The number of carbonyl (C=O) groups excluding carboxylic acids is 1. The third-order valence-corrected chi connectivity index (χ3v) is 4.64. The fraction of sp³-hybridized carbons (Fsp3) is 0.412. The number of ether oxygens (including phenoxy) is 1. The first-order valence-corrected chi connectivity index (χ1v) is 7.76. The van der Waals surface area contributed by atoms with Crippen LogP contribution in [0.3, 0.4) is 0 Å². The summed E-state index contributed by atoms with van der Waals surface area (Å²) in [5.74, 6) is 1.27. The SMILES string of the molecule is C[C@@H]1Cc2cn[nH]c2[C@H](C(=O)N[C@H]2COc3ccccc32)C1. The van der Waals surface area contributed by atoms with Gasteiger partial charge in [0.2, 0.25) is 5.91 Å². The van der Waals surface area contributed by atoms with Gasteiger partial charge in [0.05, 0.1) is 23.9 Å². The Morgan fingerprint density at radius 2 is 2.27 bits per heavy atom. The van der Waals surface area contributed by atoms with Crippen LogP contribution in [0.25, 0.3) is 0 Å². The Balaban J connectivity index is 1.55. The van der Waals surface area contributed by atoms with Crippen LogP contribution in [-0.4, -0.2) is 22.7 Å². The van der Waals surface area contributed by atoms with Crippen molar-refractivity contribution in [2.24, 2.45) is 5.92 Å². The molecular weight excluding hydrogens is 278 g/mol. The molecule has 1 aliphatic heterocycles. The molecule has 0 fully saturated rings. The molecule has 0 saturated heterocycles. The second-order valence-corrected chi connectivity index (χ2v) is 6.32. The molecular formula is C17H19N3O2. The van der Waals surface area contributed by atoms with E-state index in [0.717, 1.165) is 29.8 Å². The van der Waals surface area contributed by atoms with E-state index < -0.39 is 0 Å². The fourth-order valence-electron chi connectivity index (χ4n) is 3.56. The van der Waals surface area contributed by atoms with Gasteiger partial charge < -0.3 is 10.1 Å². The van der Waals surface area contributed by atoms with Gasteiger partial charge in [0.25, 0.3) is 0 Å². The predicted molar refractivity (Wildman–Crippen MR) is 81.6 cm³/mol. The molecule has 1 aromatic heterocycles. The molecule has 3 atom stereocenters. The standard InChI is InChI=1S/C17H19N3O2/c1-10-6-11-8-18-20-16(11)13(7-10)17(21)19-14-9-22-15-5-3-2-4-12(14)15/h2-5,8,10,13-14H,6-7,9H2,1H3,(H,18,20)(H,19,21)/t10-,13-,14+/m1/s1. The zero-order valence-corrected chi connectivity index (χ0v) is 12.5. The van der Waals surface area contributed by atoms with Gasteiger partial charge in [-0.2, -0.15) is 5.10 Å². The number of benzene rings is 1. The van der Waals surface area contributed by atoms with Crippen molar-refractivity contribution < 1.29 is 9.53 Å². The van der Waals surface area contributed by atoms with Gasteiger partial charge in [-0.15, -0.1) is 0 Å². The molecule has 1 aromatic carbocycles. The van der Waals surface area contributed by atoms with Gasteiger partial charge in [0.1, 0.15) is 12.4 Å². The second kappa shape index (κ2) is 5.16. The Bertz CT molecular complexity index is 709. The first-order chi connectivity index (χ1) is 10.7. The molecule has 0 saturated carbocycles. The van der Waals surface area contributed by atoms with Crippen LogP contribution >= 0.6 is 0 Å². The van der Waals surface area contributed by atoms with Crippen LogP contribution in [0.1, 0.15) is 42.1 Å². The Kier molecular flexibility index (Phi) is 3.13. The summed E-state index contributed by atoms with van der Waals surface area (Å²) in [4.78, 5) is 12.8. The number of nitrogens with one attached hydrogen (secondary N) is 2. The molecule has 5 nitrogen and oxygen atoms in total. The summed E-state index contributed by atoms with van der Waals surface area (Å²) in [6.07, 6.45) is 3.69. The van der Waals surface area contributed by atoms with E-state index in [1.54, 1.807) is 0 Å². The lowest BCUT2D eigenvalue weighted by Crippen LogP contribution is -2.36. The van der Waals surface area contributed by atoms with Crippen molar-refractivity contribution in [1.29, 1.82) is 0 Å². The van der Waals surface area contributed by atoms with Crippen LogP contribution in [0, 0.1) is 5.92 Å². The van der Waals surface area contributed by atoms with Gasteiger partial charge in [-0.25, -0.2) is 0 Å². The molecule has 1 amide bonds. The number of aromatic nitrogens is 2. The van der Waals surface area contributed by atoms with E-state index in [1.807, 2.05) is 30.5 Å². The average molecular weight is 297 g/mol. The largest absolute Gasteiger partial charge is 0.491 e. The van der Waals surface area contributed by atoms with Gasteiger partial charge in [-0.1, -0.05) is 25.1 Å². The highest BCUT2D eigenvalue weighted by molar-refractivity contribution is 5.84. The molecule has 0 unspecified atom stereocenters. The number of hydrogen-bond acceptors (Lipinski definition) is 3. The minimum atomic E-state index is -0.144. The molecule has 2 N–H and O–H groups in total. The smallest absolute Gasteiger partial charge is 0.229 e. The highest BCUT2D eigenvalue weighted by Gasteiger charge is 2.34. The first kappa shape index (κ1) is 13.4. The first-order valence-electron chi connectivity index (χ1n) is 7.76. The van der Waals surface area contributed by atoms with Crippen LogP contribution in [0.5, 0.6) is 5.75 Å². The topological polar surface area (TPSA) is 67.0 Å². The van der Waals surface area contributed by atoms with Crippen molar-refractivity contribution in [3.63, 3.8) is 0 Å². The van der Waals surface area contributed by atoms with Gasteiger partial charge in [0, 0.05) is 5.56 Å². The number of hydrogen-bond donors (Lipinski definition) is 2. The molecule has 1 aliphatic carbocycles. The second-order valence-electron chi connectivity index (χ2n) is 6.32. The molecule has 2 heterocycles. The number of nitrogens with zero attached hydrogens (tertiary/aromatic N) is 1. The number of aromatic amines is 1. The summed E-state index contributed by atoms with van der Waals surface area (Å²) < 4.78 is 5.64. The van der Waals surface area contributed by atoms with E-state index in [9.17, 15) is 4.79 Å². The summed E-state index contributed by atoms with van der Waals surface area (Å²) in [5.41, 5.74) is 3.20. The zero-order valence-electron chi connectivity index (χ0n) is 12.5. The van der Waals surface area contributed by atoms with Crippen LogP contribution in [-0.2, 0) is 11.2 Å². The Morgan fingerprint density at radius 1 is 1.41 bits per heavy atom. The molecule has 22 heavy (non-hydrogen) atoms. The number of H-pyrrole nitrogens is 1. The third-order valence-electron chi connectivity index (χ3n) is 4.64. The maximum absolute atomic E-state index is 12.8. The zero-order chi connectivity index (χ0) is 15.1. The molecule has 4 rings (SSSR count). The minimum absolute atomic E-state index is 0.0577. The maximum atomic E-state index is 12.8. The van der Waals surface area contributed by atoms with Crippen LogP contribution in [0.4, 0.5) is 0 Å². The molecule has 5 heteroatoms. The maximum Gasteiger partial charge on any atom is 0.229 e. The van der Waals surface area contributed by atoms with E-state index >= 15 is 0 Å². The molecule has 114 valence electrons. The third kappa shape index (κ3) is 2.17. The summed E-state index contributed by atoms with van der Waals surface area (Å²) >= 11 is 0. The van der Waals surface area contributed by atoms with Gasteiger partial charge in [-0.05, 0) is 30.4 Å². The number of fused-ring (bicyclic) bond motifs is 2. The van der Waals surface area contributed by atoms with Crippen molar-refractivity contribution in [2.75, 3.05) is 6.61 Å². The van der Waals surface area contributed by atoms with Crippen LogP contribution < -0.4 is 10.1 Å². The lowest BCUT2D eigenvalue weighted by atomic mass is 9.81. The van der Waals surface area contributed by atoms with Crippen molar-refractivity contribution in [2.45, 2.75) is 31.7 Å². The normalized spacial score (nSPS) is 26.0. The van der Waals surface area contributed by atoms with E-state index in [-0.39, 0.29) is 17.9 Å². The summed E-state index contributed by atoms with van der Waals surface area (Å²) in [6.45, 7) is 2.69. The number of carbonyl (C=O) groups is 1. The summed E-state index contributed by atoms with van der Waals surface area (Å²) in [6, 6.07) is 7.81. The Morgan fingerprint density at radius 3 is 3.18 bits per heavy atom. The molecule has 0 radical (unpaired) electrons. The predicted octanol–water partition coefficient (Wildman–Crippen LogP) is 2.33. The van der Waals surface area contributed by atoms with Gasteiger partial charge in [-0.3, -0.25) is 9.89 Å². The highest BCUT2D eigenvalue weighted by Crippen LogP contribution is 2.36. The quantitative estimate of drug-likeness (QED) is 0.894. The number of para-hydroxylation sites is 1. The lowest BCUT2D eigenvalue weighted by molar-refractivity contribution is -0.124. The minimum Gasteiger partial charge on any atom is -0.491 e. The van der Waals surface area contributed by atoms with E-state index in [2.05, 4.69) is 22.4 Å².